The van der Waals surface area contributed by atoms with Crippen LogP contribution in [0.15, 0.2) is 59.2 Å². The molecule has 0 saturated carbocycles. The fourth-order valence-corrected chi connectivity index (χ4v) is 4.48. The fraction of sp³-hybridized carbons (Fsp3) is 0.182. The Kier molecular flexibility index (Phi) is 5.87. The molecule has 0 radical (unpaired) electrons. The van der Waals surface area contributed by atoms with Gasteiger partial charge in [0.25, 0.3) is 5.91 Å². The number of nitriles is 1. The Morgan fingerprint density at radius 1 is 1.28 bits per heavy atom. The number of nitrogens with two attached hydrogens (primary N) is 1. The van der Waals surface area contributed by atoms with Crippen molar-refractivity contribution in [1.82, 2.24) is 15.4 Å². The molecule has 10 heteroatoms. The molecule has 1 atom stereocenters. The summed E-state index contributed by atoms with van der Waals surface area (Å²) in [6.45, 7) is 0. The molecule has 3 N–H and O–H groups in total. The molecule has 1 unspecified atom stereocenters. The smallest absolute Gasteiger partial charge is 0.273 e. The number of halogens is 3. The number of amides is 1. The van der Waals surface area contributed by atoms with Crippen LogP contribution in [0.5, 0.6) is 0 Å². The van der Waals surface area contributed by atoms with Crippen LogP contribution in [0.1, 0.15) is 41.1 Å². The highest BCUT2D eigenvalue weighted by atomic mass is 35.5. The molecule has 1 aromatic carbocycles. The number of ketones is 1. The summed E-state index contributed by atoms with van der Waals surface area (Å²) in [5.41, 5.74) is 9.46. The van der Waals surface area contributed by atoms with Crippen molar-refractivity contribution in [3.63, 3.8) is 0 Å². The average molecular weight is 472 g/mol. The van der Waals surface area contributed by atoms with Crippen molar-refractivity contribution in [2.75, 3.05) is 0 Å². The zero-order valence-electron chi connectivity index (χ0n) is 16.5. The number of aromatic nitrogens is 1. The van der Waals surface area contributed by atoms with Crippen molar-refractivity contribution in [1.29, 1.82) is 5.26 Å². The summed E-state index contributed by atoms with van der Waals surface area (Å²) in [4.78, 5) is 29.7. The normalized spacial score (nSPS) is 18.4. The van der Waals surface area contributed by atoms with Crippen molar-refractivity contribution < 1.29 is 14.0 Å². The molecule has 1 aliphatic carbocycles. The van der Waals surface area contributed by atoms with E-state index in [-0.39, 0.29) is 50.5 Å². The van der Waals surface area contributed by atoms with Crippen molar-refractivity contribution in [2.24, 2.45) is 5.73 Å². The third kappa shape index (κ3) is 3.60. The van der Waals surface area contributed by atoms with Crippen molar-refractivity contribution >= 4 is 34.9 Å². The van der Waals surface area contributed by atoms with Crippen molar-refractivity contribution in [3.05, 3.63) is 86.3 Å². The highest BCUT2D eigenvalue weighted by molar-refractivity contribution is 6.32. The molecule has 32 heavy (non-hydrogen) atoms. The average Bonchev–Trinajstić information content (AvgIpc) is 2.76. The maximum atomic E-state index is 14.8. The van der Waals surface area contributed by atoms with E-state index in [1.165, 1.54) is 35.5 Å². The lowest BCUT2D eigenvalue weighted by Gasteiger charge is -2.39. The zero-order chi connectivity index (χ0) is 23.0. The summed E-state index contributed by atoms with van der Waals surface area (Å²) in [5.74, 6) is -2.76. The molecule has 2 aromatic rings. The van der Waals surface area contributed by atoms with E-state index in [1.54, 1.807) is 6.07 Å². The number of allylic oxidation sites excluding steroid dienone is 3. The summed E-state index contributed by atoms with van der Waals surface area (Å²) in [6, 6.07) is 9.12. The van der Waals surface area contributed by atoms with Gasteiger partial charge < -0.3 is 5.73 Å². The fourth-order valence-electron chi connectivity index (χ4n) is 4.01. The number of carbonyl (C=O) groups is 2. The van der Waals surface area contributed by atoms with Crippen LogP contribution in [-0.4, -0.2) is 21.7 Å². The minimum absolute atomic E-state index is 0.00213. The third-order valence-electron chi connectivity index (χ3n) is 5.42. The van der Waals surface area contributed by atoms with Gasteiger partial charge in [-0.3, -0.25) is 15.0 Å². The molecular formula is C22H16Cl2FN5O2. The lowest BCUT2D eigenvalue weighted by Crippen LogP contribution is -2.48. The number of hydrogen-bond donors (Lipinski definition) is 2. The first-order valence-corrected chi connectivity index (χ1v) is 10.4. The first kappa shape index (κ1) is 21.8. The van der Waals surface area contributed by atoms with Gasteiger partial charge in [0.1, 0.15) is 16.8 Å². The molecule has 162 valence electrons. The first-order valence-electron chi connectivity index (χ1n) is 9.66. The van der Waals surface area contributed by atoms with Gasteiger partial charge in [0.05, 0.1) is 23.1 Å². The minimum Gasteiger partial charge on any atom is -0.383 e. The Bertz CT molecular complexity index is 1230. The standard InChI is InChI=1S/C22H16Cl2FN5O2/c23-13-5-1-6-14(25)18(13)17-12(10-26)21(27)30(15-7-2-8-16(31)19(15)17)29-22(32)11-4-3-9-28-20(11)24/h1,3-6,9,17H,2,7-8,27H2,(H,29,32). The lowest BCUT2D eigenvalue weighted by molar-refractivity contribution is -0.116. The highest BCUT2D eigenvalue weighted by Gasteiger charge is 2.42. The van der Waals surface area contributed by atoms with Crippen molar-refractivity contribution in [3.8, 4) is 6.07 Å². The van der Waals surface area contributed by atoms with Gasteiger partial charge in [0.15, 0.2) is 5.78 Å². The number of nitrogens with zero attached hydrogens (tertiary/aromatic N) is 3. The Morgan fingerprint density at radius 2 is 2.06 bits per heavy atom. The minimum atomic E-state index is -1.08. The summed E-state index contributed by atoms with van der Waals surface area (Å²) in [5, 5.41) is 11.2. The highest BCUT2D eigenvalue weighted by Crippen LogP contribution is 2.46. The van der Waals surface area contributed by atoms with E-state index >= 15 is 0 Å². The van der Waals surface area contributed by atoms with Crippen LogP contribution < -0.4 is 11.2 Å². The van der Waals surface area contributed by atoms with E-state index < -0.39 is 17.6 Å². The lowest BCUT2D eigenvalue weighted by atomic mass is 9.76. The van der Waals surface area contributed by atoms with Crippen LogP contribution in [0.4, 0.5) is 4.39 Å². The summed E-state index contributed by atoms with van der Waals surface area (Å²) in [7, 11) is 0. The van der Waals surface area contributed by atoms with Gasteiger partial charge in [0, 0.05) is 34.5 Å². The summed E-state index contributed by atoms with van der Waals surface area (Å²) < 4.78 is 14.8. The predicted molar refractivity (Wildman–Crippen MR) is 115 cm³/mol. The van der Waals surface area contributed by atoms with Gasteiger partial charge in [0.2, 0.25) is 0 Å². The molecule has 1 amide bonds. The number of hydrogen-bond acceptors (Lipinski definition) is 6. The molecule has 1 aromatic heterocycles. The van der Waals surface area contributed by atoms with Gasteiger partial charge in [-0.2, -0.15) is 5.26 Å². The van der Waals surface area contributed by atoms with Crippen LogP contribution in [0, 0.1) is 17.1 Å². The number of pyridine rings is 1. The largest absolute Gasteiger partial charge is 0.383 e. The molecule has 0 spiro atoms. The predicted octanol–water partition coefficient (Wildman–Crippen LogP) is 3.97. The number of benzene rings is 1. The molecule has 7 nitrogen and oxygen atoms in total. The van der Waals surface area contributed by atoms with Gasteiger partial charge in [-0.05, 0) is 37.1 Å². The topological polar surface area (TPSA) is 112 Å². The Balaban J connectivity index is 1.87. The monoisotopic (exact) mass is 471 g/mol. The molecule has 2 heterocycles. The third-order valence-corrected chi connectivity index (χ3v) is 6.05. The van der Waals surface area contributed by atoms with Crippen LogP contribution in [-0.2, 0) is 4.79 Å². The SMILES string of the molecule is N#CC1=C(N)N(NC(=O)c2cccnc2Cl)C2=C(C(=O)CCC2)C1c1c(F)cccc1Cl. The molecule has 0 fully saturated rings. The molecule has 0 bridgehead atoms. The summed E-state index contributed by atoms with van der Waals surface area (Å²) in [6.07, 6.45) is 2.54. The second-order valence-corrected chi connectivity index (χ2v) is 8.00. The number of carbonyl (C=O) groups excluding carboxylic acids is 2. The maximum Gasteiger partial charge on any atom is 0.273 e. The van der Waals surface area contributed by atoms with Crippen LogP contribution in [0.3, 0.4) is 0 Å². The molecule has 1 aliphatic heterocycles. The molecule has 0 saturated heterocycles. The van der Waals surface area contributed by atoms with Gasteiger partial charge in [-0.15, -0.1) is 0 Å². The van der Waals surface area contributed by atoms with E-state index in [2.05, 4.69) is 10.4 Å². The first-order chi connectivity index (χ1) is 15.3. The van der Waals surface area contributed by atoms with Crippen LogP contribution >= 0.6 is 23.2 Å². The number of nitrogens with one attached hydrogen (secondary N) is 1. The number of Topliss-reactive ketones (excluding diaryl/α,β-unsaturated/α-hetero) is 1. The summed E-state index contributed by atoms with van der Waals surface area (Å²) >= 11 is 12.3. The van der Waals surface area contributed by atoms with E-state index in [4.69, 9.17) is 28.9 Å². The second kappa shape index (κ2) is 8.61. The van der Waals surface area contributed by atoms with Crippen LogP contribution in [0.25, 0.3) is 0 Å². The second-order valence-electron chi connectivity index (χ2n) is 7.23. The Hall–Kier alpha value is -3.41. The van der Waals surface area contributed by atoms with E-state index in [0.29, 0.717) is 18.5 Å². The van der Waals surface area contributed by atoms with Gasteiger partial charge in [-0.25, -0.2) is 14.4 Å². The van der Waals surface area contributed by atoms with E-state index in [0.717, 1.165) is 0 Å². The molecule has 4 rings (SSSR count). The van der Waals surface area contributed by atoms with Crippen LogP contribution in [0.2, 0.25) is 10.2 Å². The number of rotatable bonds is 3. The van der Waals surface area contributed by atoms with E-state index in [1.807, 2.05) is 6.07 Å². The zero-order valence-corrected chi connectivity index (χ0v) is 18.0. The quantitative estimate of drug-likeness (QED) is 0.654. The van der Waals surface area contributed by atoms with Gasteiger partial charge in [-0.1, -0.05) is 29.3 Å². The van der Waals surface area contributed by atoms with Crippen molar-refractivity contribution in [2.45, 2.75) is 25.2 Å². The molecule has 2 aliphatic rings. The van der Waals surface area contributed by atoms with Gasteiger partial charge >= 0.3 is 0 Å². The van der Waals surface area contributed by atoms with E-state index in [9.17, 15) is 19.2 Å². The maximum absolute atomic E-state index is 14.8. The number of hydrazine groups is 1. The Morgan fingerprint density at radius 3 is 2.75 bits per heavy atom. The Labute approximate surface area is 192 Å². The molecular weight excluding hydrogens is 456 g/mol.